The Hall–Kier alpha value is -1.02. The maximum Gasteiger partial charge on any atom is 0.119 e. The summed E-state index contributed by atoms with van der Waals surface area (Å²) in [6, 6.07) is 8.37. The van der Waals surface area contributed by atoms with Crippen molar-refractivity contribution in [2.24, 2.45) is 5.92 Å². The van der Waals surface area contributed by atoms with Gasteiger partial charge in [0, 0.05) is 11.5 Å². The fraction of sp³-hybridized carbons (Fsp3) is 0.538. The van der Waals surface area contributed by atoms with Crippen LogP contribution in [-0.2, 0) is 6.54 Å². The van der Waals surface area contributed by atoms with Crippen molar-refractivity contribution in [1.82, 2.24) is 0 Å². The molecule has 0 atom stereocenters. The lowest BCUT2D eigenvalue weighted by Crippen LogP contribution is -2.83. The third-order valence-corrected chi connectivity index (χ3v) is 2.25. The van der Waals surface area contributed by atoms with E-state index < -0.39 is 0 Å². The van der Waals surface area contributed by atoms with E-state index in [1.165, 1.54) is 12.1 Å². The van der Waals surface area contributed by atoms with E-state index in [0.717, 1.165) is 24.8 Å². The predicted molar refractivity (Wildman–Crippen MR) is 62.9 cm³/mol. The van der Waals surface area contributed by atoms with Gasteiger partial charge in [-0.25, -0.2) is 0 Å². The summed E-state index contributed by atoms with van der Waals surface area (Å²) in [6.07, 6.45) is 0. The first-order valence-corrected chi connectivity index (χ1v) is 5.75. The van der Waals surface area contributed by atoms with E-state index in [4.69, 9.17) is 4.74 Å². The van der Waals surface area contributed by atoms with Crippen molar-refractivity contribution in [3.8, 4) is 5.75 Å². The van der Waals surface area contributed by atoms with Crippen molar-refractivity contribution in [2.75, 3.05) is 13.2 Å². The van der Waals surface area contributed by atoms with Crippen molar-refractivity contribution in [1.29, 1.82) is 0 Å². The number of hydrogen-bond donors (Lipinski definition) is 1. The topological polar surface area (TPSA) is 25.8 Å². The van der Waals surface area contributed by atoms with Gasteiger partial charge in [-0.05, 0) is 31.2 Å². The monoisotopic (exact) mass is 208 g/mol. The summed E-state index contributed by atoms with van der Waals surface area (Å²) >= 11 is 0. The van der Waals surface area contributed by atoms with Crippen LogP contribution in [0.5, 0.6) is 5.75 Å². The standard InChI is InChI=1S/C13H21NO/c1-4-15-13-7-5-12(6-8-13)10-14-9-11(2)3/h5-8,11,14H,4,9-10H2,1-3H3/p+1. The van der Waals surface area contributed by atoms with Crippen molar-refractivity contribution >= 4 is 0 Å². The number of benzene rings is 1. The van der Waals surface area contributed by atoms with E-state index in [2.05, 4.69) is 31.3 Å². The largest absolute Gasteiger partial charge is 0.494 e. The molecule has 2 nitrogen and oxygen atoms in total. The predicted octanol–water partition coefficient (Wildman–Crippen LogP) is 1.80. The highest BCUT2D eigenvalue weighted by Crippen LogP contribution is 2.11. The molecule has 0 unspecified atom stereocenters. The zero-order valence-corrected chi connectivity index (χ0v) is 9.99. The molecule has 0 radical (unpaired) electrons. The van der Waals surface area contributed by atoms with Gasteiger partial charge < -0.3 is 10.1 Å². The van der Waals surface area contributed by atoms with Crippen LogP contribution in [0, 0.1) is 5.92 Å². The number of ether oxygens (including phenoxy) is 1. The first-order chi connectivity index (χ1) is 7.22. The van der Waals surface area contributed by atoms with Crippen LogP contribution in [0.3, 0.4) is 0 Å². The molecule has 0 aliphatic rings. The quantitative estimate of drug-likeness (QED) is 0.758. The normalized spacial score (nSPS) is 10.7. The summed E-state index contributed by atoms with van der Waals surface area (Å²) in [4.78, 5) is 0. The molecule has 0 aliphatic carbocycles. The van der Waals surface area contributed by atoms with Crippen LogP contribution in [0.25, 0.3) is 0 Å². The molecule has 1 aromatic rings. The maximum atomic E-state index is 5.39. The first kappa shape index (κ1) is 12.1. The molecule has 0 bridgehead atoms. The molecule has 0 saturated heterocycles. The Morgan fingerprint density at radius 1 is 1.20 bits per heavy atom. The fourth-order valence-corrected chi connectivity index (χ4v) is 1.47. The van der Waals surface area contributed by atoms with Crippen molar-refractivity contribution in [2.45, 2.75) is 27.3 Å². The molecule has 84 valence electrons. The molecular formula is C13H22NO+. The number of quaternary nitrogens is 1. The van der Waals surface area contributed by atoms with Crippen LogP contribution in [0.1, 0.15) is 26.3 Å². The Bertz CT molecular complexity index is 266. The minimum atomic E-state index is 0.735. The summed E-state index contributed by atoms with van der Waals surface area (Å²) < 4.78 is 5.39. The molecule has 2 heteroatoms. The summed E-state index contributed by atoms with van der Waals surface area (Å²) in [6.45, 7) is 9.48. The van der Waals surface area contributed by atoms with Crippen LogP contribution in [0.15, 0.2) is 24.3 Å². The van der Waals surface area contributed by atoms with Gasteiger partial charge in [0.2, 0.25) is 0 Å². The van der Waals surface area contributed by atoms with Crippen molar-refractivity contribution < 1.29 is 10.1 Å². The Balaban J connectivity index is 2.36. The van der Waals surface area contributed by atoms with E-state index in [9.17, 15) is 0 Å². The van der Waals surface area contributed by atoms with Gasteiger partial charge in [0.05, 0.1) is 13.2 Å². The molecule has 1 aromatic carbocycles. The third-order valence-electron chi connectivity index (χ3n) is 2.25. The van der Waals surface area contributed by atoms with Gasteiger partial charge in [0.25, 0.3) is 0 Å². The minimum Gasteiger partial charge on any atom is -0.494 e. The second kappa shape index (κ2) is 6.46. The SMILES string of the molecule is CCOc1ccc(C[NH2+]CC(C)C)cc1. The smallest absolute Gasteiger partial charge is 0.119 e. The van der Waals surface area contributed by atoms with Crippen LogP contribution in [0.4, 0.5) is 0 Å². The van der Waals surface area contributed by atoms with E-state index in [0.29, 0.717) is 0 Å². The molecular weight excluding hydrogens is 186 g/mol. The maximum absolute atomic E-state index is 5.39. The van der Waals surface area contributed by atoms with Gasteiger partial charge in [-0.15, -0.1) is 0 Å². The average Bonchev–Trinajstić information content (AvgIpc) is 2.20. The lowest BCUT2D eigenvalue weighted by molar-refractivity contribution is -0.675. The highest BCUT2D eigenvalue weighted by atomic mass is 16.5. The summed E-state index contributed by atoms with van der Waals surface area (Å²) in [5.41, 5.74) is 1.36. The fourth-order valence-electron chi connectivity index (χ4n) is 1.47. The van der Waals surface area contributed by atoms with Crippen LogP contribution < -0.4 is 10.1 Å². The van der Waals surface area contributed by atoms with Crippen LogP contribution in [0.2, 0.25) is 0 Å². The minimum absolute atomic E-state index is 0.735. The zero-order chi connectivity index (χ0) is 11.1. The molecule has 0 spiro atoms. The van der Waals surface area contributed by atoms with Gasteiger partial charge in [-0.3, -0.25) is 0 Å². The van der Waals surface area contributed by atoms with Gasteiger partial charge in [0.15, 0.2) is 0 Å². The molecule has 0 aromatic heterocycles. The van der Waals surface area contributed by atoms with Gasteiger partial charge in [-0.2, -0.15) is 0 Å². The summed E-state index contributed by atoms with van der Waals surface area (Å²) in [5.74, 6) is 1.72. The Morgan fingerprint density at radius 2 is 1.87 bits per heavy atom. The number of hydrogen-bond acceptors (Lipinski definition) is 1. The highest BCUT2D eigenvalue weighted by Gasteiger charge is 1.99. The molecule has 0 fully saturated rings. The highest BCUT2D eigenvalue weighted by molar-refractivity contribution is 5.26. The Kier molecular flexibility index (Phi) is 5.19. The Morgan fingerprint density at radius 3 is 2.40 bits per heavy atom. The molecule has 2 N–H and O–H groups in total. The Labute approximate surface area is 92.6 Å². The number of rotatable bonds is 6. The van der Waals surface area contributed by atoms with E-state index >= 15 is 0 Å². The van der Waals surface area contributed by atoms with E-state index in [-0.39, 0.29) is 0 Å². The van der Waals surface area contributed by atoms with Gasteiger partial charge in [-0.1, -0.05) is 13.8 Å². The lowest BCUT2D eigenvalue weighted by Gasteiger charge is -2.06. The second-order valence-corrected chi connectivity index (χ2v) is 4.20. The summed E-state index contributed by atoms with van der Waals surface area (Å²) in [5, 5.41) is 2.35. The zero-order valence-electron chi connectivity index (χ0n) is 9.99. The lowest BCUT2D eigenvalue weighted by atomic mass is 10.2. The molecule has 0 heterocycles. The van der Waals surface area contributed by atoms with Crippen molar-refractivity contribution in [3.05, 3.63) is 29.8 Å². The first-order valence-electron chi connectivity index (χ1n) is 5.75. The number of nitrogens with two attached hydrogens (primary N) is 1. The van der Waals surface area contributed by atoms with Crippen LogP contribution >= 0.6 is 0 Å². The van der Waals surface area contributed by atoms with E-state index in [1.54, 1.807) is 0 Å². The average molecular weight is 208 g/mol. The second-order valence-electron chi connectivity index (χ2n) is 4.20. The molecule has 0 aliphatic heterocycles. The third kappa shape index (κ3) is 4.84. The van der Waals surface area contributed by atoms with Crippen molar-refractivity contribution in [3.63, 3.8) is 0 Å². The summed E-state index contributed by atoms with van der Waals surface area (Å²) in [7, 11) is 0. The van der Waals surface area contributed by atoms with Crippen LogP contribution in [-0.4, -0.2) is 13.2 Å². The van der Waals surface area contributed by atoms with Gasteiger partial charge >= 0.3 is 0 Å². The molecule has 1 rings (SSSR count). The molecule has 0 amide bonds. The molecule has 0 saturated carbocycles. The van der Waals surface area contributed by atoms with E-state index in [1.807, 2.05) is 19.1 Å². The van der Waals surface area contributed by atoms with Gasteiger partial charge in [0.1, 0.15) is 12.3 Å². The molecule has 15 heavy (non-hydrogen) atoms.